The summed E-state index contributed by atoms with van der Waals surface area (Å²) >= 11 is 0. The highest BCUT2D eigenvalue weighted by Gasteiger charge is 2.47. The summed E-state index contributed by atoms with van der Waals surface area (Å²) in [5.41, 5.74) is 7.36. The third kappa shape index (κ3) is 3.23. The summed E-state index contributed by atoms with van der Waals surface area (Å²) in [6.07, 6.45) is 6.15. The van der Waals surface area contributed by atoms with Crippen molar-refractivity contribution in [1.29, 1.82) is 5.26 Å². The first-order chi connectivity index (χ1) is 13.2. The number of allylic oxidation sites excluding steroid dienone is 2. The number of hydrogen-bond acceptors (Lipinski definition) is 6. The van der Waals surface area contributed by atoms with Gasteiger partial charge in [0.2, 0.25) is 10.0 Å². The number of rotatable bonds is 5. The minimum Gasteiger partial charge on any atom is -0.497 e. The molecule has 7 nitrogen and oxygen atoms in total. The van der Waals surface area contributed by atoms with Crippen molar-refractivity contribution < 1.29 is 17.9 Å². The highest BCUT2D eigenvalue weighted by Crippen LogP contribution is 2.34. The average molecular weight is 399 g/mol. The maximum absolute atomic E-state index is 13.1. The van der Waals surface area contributed by atoms with E-state index in [0.29, 0.717) is 28.9 Å². The Bertz CT molecular complexity index is 1050. The molecule has 1 aromatic carbocycles. The molecule has 2 aliphatic rings. The lowest BCUT2D eigenvalue weighted by Crippen LogP contribution is -2.54. The molecular formula is C20H21N3O4S. The van der Waals surface area contributed by atoms with Crippen molar-refractivity contribution in [3.05, 3.63) is 65.4 Å². The van der Waals surface area contributed by atoms with E-state index >= 15 is 0 Å². The fraction of sp³-hybridized carbons (Fsp3) is 0.300. The lowest BCUT2D eigenvalue weighted by atomic mass is 9.89. The summed E-state index contributed by atoms with van der Waals surface area (Å²) in [6.45, 7) is 1.73. The third-order valence-corrected chi connectivity index (χ3v) is 7.54. The van der Waals surface area contributed by atoms with Crippen LogP contribution in [0.3, 0.4) is 0 Å². The zero-order valence-electron chi connectivity index (χ0n) is 15.6. The number of ether oxygens (including phenoxy) is 1. The minimum atomic E-state index is -3.86. The summed E-state index contributed by atoms with van der Waals surface area (Å²) in [5.74, 6) is 0.287. The van der Waals surface area contributed by atoms with Crippen LogP contribution in [0, 0.1) is 11.3 Å². The van der Waals surface area contributed by atoms with E-state index in [4.69, 9.17) is 15.7 Å². The lowest BCUT2D eigenvalue weighted by molar-refractivity contribution is 0.103. The van der Waals surface area contributed by atoms with Crippen LogP contribution < -0.4 is 10.5 Å². The Morgan fingerprint density at radius 2 is 2.18 bits per heavy atom. The molecule has 0 spiro atoms. The van der Waals surface area contributed by atoms with Crippen molar-refractivity contribution in [2.45, 2.75) is 24.1 Å². The summed E-state index contributed by atoms with van der Waals surface area (Å²) in [5, 5.41) is 8.98. The van der Waals surface area contributed by atoms with Gasteiger partial charge in [-0.05, 0) is 19.1 Å². The summed E-state index contributed by atoms with van der Waals surface area (Å²) in [7, 11) is -2.35. The number of benzene rings is 1. The Morgan fingerprint density at radius 3 is 2.79 bits per heavy atom. The molecule has 1 aromatic rings. The number of carbonyl (C=O) groups is 1. The maximum atomic E-state index is 13.1. The largest absolute Gasteiger partial charge is 0.497 e. The monoisotopic (exact) mass is 399 g/mol. The number of nitrogens with zero attached hydrogens (tertiary/aromatic N) is 2. The van der Waals surface area contributed by atoms with Crippen LogP contribution in [0.5, 0.6) is 5.75 Å². The number of Topliss-reactive ketones (excluding diaryl/α,β-unsaturated/α-hetero) is 1. The van der Waals surface area contributed by atoms with Crippen LogP contribution in [0.15, 0.2) is 59.8 Å². The second-order valence-electron chi connectivity index (χ2n) is 6.86. The van der Waals surface area contributed by atoms with Crippen molar-refractivity contribution >= 4 is 15.8 Å². The first-order valence-corrected chi connectivity index (χ1v) is 10.1. The molecule has 2 unspecified atom stereocenters. The van der Waals surface area contributed by atoms with Crippen LogP contribution in [0.25, 0.3) is 0 Å². The molecule has 0 fully saturated rings. The predicted octanol–water partition coefficient (Wildman–Crippen LogP) is 1.90. The molecule has 0 aromatic heterocycles. The molecule has 2 N–H and O–H groups in total. The minimum absolute atomic E-state index is 0.209. The molecule has 0 radical (unpaired) electrons. The number of methoxy groups -OCH3 is 1. The maximum Gasteiger partial charge on any atom is 0.245 e. The fourth-order valence-corrected chi connectivity index (χ4v) is 4.94. The van der Waals surface area contributed by atoms with Crippen LogP contribution in [0.4, 0.5) is 0 Å². The normalized spacial score (nSPS) is 24.4. The standard InChI is InChI=1S/C20H21N3O4S/c1-20(28(25,26)23-9-7-14(12-21)13-23)8-6-16(11-18(20)22)19(24)15-4-3-5-17(10-15)27-2/h3-6,8,10-11,13,18H,7,9,22H2,1-2H3. The molecule has 3 rings (SSSR count). The topological polar surface area (TPSA) is 113 Å². The van der Waals surface area contributed by atoms with E-state index in [1.54, 1.807) is 24.3 Å². The highest BCUT2D eigenvalue weighted by molar-refractivity contribution is 7.90. The van der Waals surface area contributed by atoms with E-state index in [1.807, 2.05) is 6.07 Å². The second-order valence-corrected chi connectivity index (χ2v) is 9.16. The van der Waals surface area contributed by atoms with Crippen molar-refractivity contribution in [2.75, 3.05) is 13.7 Å². The van der Waals surface area contributed by atoms with Crippen LogP contribution >= 0.6 is 0 Å². The predicted molar refractivity (Wildman–Crippen MR) is 105 cm³/mol. The van der Waals surface area contributed by atoms with Crippen LogP contribution in [0.2, 0.25) is 0 Å². The van der Waals surface area contributed by atoms with Gasteiger partial charge in [0.1, 0.15) is 10.5 Å². The molecule has 1 heterocycles. The number of sulfonamides is 1. The van der Waals surface area contributed by atoms with Gasteiger partial charge in [-0.25, -0.2) is 8.42 Å². The molecule has 0 bridgehead atoms. The van der Waals surface area contributed by atoms with Gasteiger partial charge in [-0.3, -0.25) is 9.10 Å². The number of ketones is 1. The summed E-state index contributed by atoms with van der Waals surface area (Å²) < 4.78 is 31.1. The van der Waals surface area contributed by atoms with E-state index < -0.39 is 20.8 Å². The van der Waals surface area contributed by atoms with Gasteiger partial charge in [0, 0.05) is 41.9 Å². The second kappa shape index (κ2) is 7.26. The van der Waals surface area contributed by atoms with Gasteiger partial charge in [0.15, 0.2) is 5.78 Å². The Kier molecular flexibility index (Phi) is 5.15. The molecular weight excluding hydrogens is 378 g/mol. The van der Waals surface area contributed by atoms with Crippen molar-refractivity contribution in [2.24, 2.45) is 5.73 Å². The number of nitriles is 1. The van der Waals surface area contributed by atoms with E-state index in [2.05, 4.69) is 0 Å². The zero-order chi connectivity index (χ0) is 20.5. The molecule has 0 amide bonds. The van der Waals surface area contributed by atoms with Gasteiger partial charge in [0.25, 0.3) is 0 Å². The van der Waals surface area contributed by atoms with Gasteiger partial charge in [-0.1, -0.05) is 30.4 Å². The van der Waals surface area contributed by atoms with Crippen molar-refractivity contribution in [3.63, 3.8) is 0 Å². The first kappa shape index (κ1) is 19.9. The van der Waals surface area contributed by atoms with E-state index in [0.717, 1.165) is 0 Å². The highest BCUT2D eigenvalue weighted by atomic mass is 32.2. The molecule has 2 atom stereocenters. The van der Waals surface area contributed by atoms with E-state index in [-0.39, 0.29) is 12.3 Å². The molecule has 1 aliphatic heterocycles. The quantitative estimate of drug-likeness (QED) is 0.757. The number of hydrogen-bond donors (Lipinski definition) is 1. The van der Waals surface area contributed by atoms with Gasteiger partial charge in [-0.15, -0.1) is 0 Å². The van der Waals surface area contributed by atoms with Crippen LogP contribution in [-0.4, -0.2) is 42.9 Å². The van der Waals surface area contributed by atoms with E-state index in [1.165, 1.54) is 42.8 Å². The zero-order valence-corrected chi connectivity index (χ0v) is 16.4. The van der Waals surface area contributed by atoms with Gasteiger partial charge < -0.3 is 10.5 Å². The summed E-state index contributed by atoms with van der Waals surface area (Å²) in [6, 6.07) is 7.77. The third-order valence-electron chi connectivity index (χ3n) is 5.12. The molecule has 0 saturated carbocycles. The molecule has 146 valence electrons. The van der Waals surface area contributed by atoms with Crippen LogP contribution in [-0.2, 0) is 10.0 Å². The molecule has 0 saturated heterocycles. The lowest BCUT2D eigenvalue weighted by Gasteiger charge is -2.36. The average Bonchev–Trinajstić information content (AvgIpc) is 3.19. The Morgan fingerprint density at radius 1 is 1.43 bits per heavy atom. The Labute approximate surface area is 164 Å². The van der Waals surface area contributed by atoms with Crippen LogP contribution in [0.1, 0.15) is 23.7 Å². The van der Waals surface area contributed by atoms with Crippen molar-refractivity contribution in [3.8, 4) is 11.8 Å². The molecule has 28 heavy (non-hydrogen) atoms. The van der Waals surface area contributed by atoms with Gasteiger partial charge >= 0.3 is 0 Å². The van der Waals surface area contributed by atoms with E-state index in [9.17, 15) is 13.2 Å². The SMILES string of the molecule is COc1cccc(C(=O)C2=CC(N)C(C)(S(=O)(=O)N3C=C(C#N)CC3)C=C2)c1. The van der Waals surface area contributed by atoms with Gasteiger partial charge in [0.05, 0.1) is 13.2 Å². The van der Waals surface area contributed by atoms with Gasteiger partial charge in [-0.2, -0.15) is 5.26 Å². The Hall–Kier alpha value is -2.89. The first-order valence-electron chi connectivity index (χ1n) is 8.70. The van der Waals surface area contributed by atoms with Crippen molar-refractivity contribution in [1.82, 2.24) is 4.31 Å². The summed E-state index contributed by atoms with van der Waals surface area (Å²) in [4.78, 5) is 12.8. The fourth-order valence-electron chi connectivity index (χ4n) is 3.18. The number of carbonyl (C=O) groups excluding carboxylic acids is 1. The molecule has 8 heteroatoms. The number of nitrogens with two attached hydrogens (primary N) is 1. The smallest absolute Gasteiger partial charge is 0.245 e. The molecule has 1 aliphatic carbocycles. The Balaban J connectivity index is 1.89.